The molecule has 3 unspecified atom stereocenters. The van der Waals surface area contributed by atoms with Gasteiger partial charge in [-0.15, -0.1) is 0 Å². The number of aliphatic hydroxyl groups is 1. The van der Waals surface area contributed by atoms with Crippen molar-refractivity contribution < 1.29 is 19.8 Å². The fourth-order valence-corrected chi connectivity index (χ4v) is 1.93. The molecule has 0 aromatic heterocycles. The maximum Gasteiger partial charge on any atom is 0.334 e. The molecule has 0 radical (unpaired) electrons. The first kappa shape index (κ1) is 14.7. The third kappa shape index (κ3) is 4.50. The summed E-state index contributed by atoms with van der Waals surface area (Å²) in [6.45, 7) is 2.73. The van der Waals surface area contributed by atoms with E-state index < -0.39 is 18.1 Å². The lowest BCUT2D eigenvalue weighted by Gasteiger charge is -2.35. The van der Waals surface area contributed by atoms with Crippen molar-refractivity contribution in [3.63, 3.8) is 0 Å². The summed E-state index contributed by atoms with van der Waals surface area (Å²) in [4.78, 5) is 24.1. The molecule has 1 aliphatic heterocycles. The van der Waals surface area contributed by atoms with Crippen LogP contribution in [0.4, 0.5) is 4.79 Å². The first-order valence-corrected chi connectivity index (χ1v) is 6.05. The Bertz CT molecular complexity index is 311. The number of carbonyl (C=O) groups is 2. The van der Waals surface area contributed by atoms with Crippen LogP contribution in [0.5, 0.6) is 0 Å². The summed E-state index contributed by atoms with van der Waals surface area (Å²) >= 11 is 0. The minimum atomic E-state index is -1.56. The van der Waals surface area contributed by atoms with Crippen LogP contribution in [0.25, 0.3) is 0 Å². The summed E-state index contributed by atoms with van der Waals surface area (Å²) in [6, 6.07) is 0.0730. The van der Waals surface area contributed by atoms with E-state index in [0.29, 0.717) is 6.04 Å². The molecule has 1 saturated heterocycles. The SMILES string of the molecule is CC1CC(NC(=O)NCC(O)C(=O)O)CCN1C. The second-order valence-electron chi connectivity index (χ2n) is 4.76. The van der Waals surface area contributed by atoms with Crippen molar-refractivity contribution in [1.29, 1.82) is 0 Å². The van der Waals surface area contributed by atoms with Gasteiger partial charge < -0.3 is 25.7 Å². The summed E-state index contributed by atoms with van der Waals surface area (Å²) in [5.74, 6) is -1.34. The van der Waals surface area contributed by atoms with Crippen molar-refractivity contribution in [2.24, 2.45) is 0 Å². The van der Waals surface area contributed by atoms with Gasteiger partial charge in [-0.25, -0.2) is 9.59 Å². The molecule has 7 nitrogen and oxygen atoms in total. The average molecular weight is 259 g/mol. The highest BCUT2D eigenvalue weighted by molar-refractivity contribution is 5.76. The summed E-state index contributed by atoms with van der Waals surface area (Å²) in [5.41, 5.74) is 0. The third-order valence-corrected chi connectivity index (χ3v) is 3.28. The van der Waals surface area contributed by atoms with E-state index in [0.717, 1.165) is 19.4 Å². The molecule has 7 heteroatoms. The lowest BCUT2D eigenvalue weighted by Crippen LogP contribution is -2.51. The summed E-state index contributed by atoms with van der Waals surface area (Å²) in [6.07, 6.45) is 0.174. The van der Waals surface area contributed by atoms with Crippen molar-refractivity contribution in [3.8, 4) is 0 Å². The summed E-state index contributed by atoms with van der Waals surface area (Å²) in [7, 11) is 2.05. The number of aliphatic carboxylic acids is 1. The van der Waals surface area contributed by atoms with Crippen molar-refractivity contribution in [2.45, 2.75) is 38.0 Å². The minimum absolute atomic E-state index is 0.0955. The number of nitrogens with one attached hydrogen (secondary N) is 2. The number of nitrogens with zero attached hydrogens (tertiary/aromatic N) is 1. The molecule has 0 saturated carbocycles. The van der Waals surface area contributed by atoms with Gasteiger partial charge in [-0.3, -0.25) is 0 Å². The number of urea groups is 1. The predicted molar refractivity (Wildman–Crippen MR) is 65.3 cm³/mol. The van der Waals surface area contributed by atoms with E-state index in [1.54, 1.807) is 0 Å². The van der Waals surface area contributed by atoms with E-state index in [-0.39, 0.29) is 12.6 Å². The minimum Gasteiger partial charge on any atom is -0.479 e. The Kier molecular flexibility index (Phi) is 5.36. The van der Waals surface area contributed by atoms with Crippen LogP contribution in [0.15, 0.2) is 0 Å². The van der Waals surface area contributed by atoms with Gasteiger partial charge in [0.1, 0.15) is 0 Å². The predicted octanol–water partition coefficient (Wildman–Crippen LogP) is -0.786. The van der Waals surface area contributed by atoms with E-state index >= 15 is 0 Å². The first-order valence-electron chi connectivity index (χ1n) is 6.05. The molecule has 0 aliphatic carbocycles. The molecule has 4 N–H and O–H groups in total. The Morgan fingerprint density at radius 1 is 1.50 bits per heavy atom. The van der Waals surface area contributed by atoms with E-state index in [4.69, 9.17) is 10.2 Å². The van der Waals surface area contributed by atoms with E-state index in [1.807, 2.05) is 7.05 Å². The van der Waals surface area contributed by atoms with E-state index in [1.165, 1.54) is 0 Å². The van der Waals surface area contributed by atoms with Crippen molar-refractivity contribution in [3.05, 3.63) is 0 Å². The number of piperidine rings is 1. The quantitative estimate of drug-likeness (QED) is 0.530. The number of carboxylic acids is 1. The van der Waals surface area contributed by atoms with Crippen LogP contribution >= 0.6 is 0 Å². The smallest absolute Gasteiger partial charge is 0.334 e. The Labute approximate surface area is 106 Å². The van der Waals surface area contributed by atoms with Gasteiger partial charge in [0, 0.05) is 18.6 Å². The molecule has 0 spiro atoms. The average Bonchev–Trinajstić information content (AvgIpc) is 2.30. The standard InChI is InChI=1S/C11H21N3O4/c1-7-5-8(3-4-14(7)2)13-11(18)12-6-9(15)10(16)17/h7-9,15H,3-6H2,1-2H3,(H,16,17)(H2,12,13,18). The van der Waals surface area contributed by atoms with Crippen LogP contribution in [-0.4, -0.2) is 65.4 Å². The van der Waals surface area contributed by atoms with Crippen LogP contribution in [0.2, 0.25) is 0 Å². The lowest BCUT2D eigenvalue weighted by molar-refractivity contribution is -0.146. The summed E-state index contributed by atoms with van der Waals surface area (Å²) < 4.78 is 0. The number of carboxylic acid groups (broad SMARTS) is 1. The van der Waals surface area contributed by atoms with Gasteiger partial charge in [0.2, 0.25) is 0 Å². The highest BCUT2D eigenvalue weighted by Gasteiger charge is 2.24. The van der Waals surface area contributed by atoms with Crippen molar-refractivity contribution >= 4 is 12.0 Å². The van der Waals surface area contributed by atoms with Crippen molar-refractivity contribution in [1.82, 2.24) is 15.5 Å². The number of likely N-dealkylation sites (tertiary alicyclic amines) is 1. The largest absolute Gasteiger partial charge is 0.479 e. The molecular formula is C11H21N3O4. The van der Waals surface area contributed by atoms with Gasteiger partial charge in [0.25, 0.3) is 0 Å². The molecule has 0 aromatic carbocycles. The number of aliphatic hydroxyl groups excluding tert-OH is 1. The molecule has 1 fully saturated rings. The maximum absolute atomic E-state index is 11.5. The molecule has 0 bridgehead atoms. The zero-order valence-corrected chi connectivity index (χ0v) is 10.7. The third-order valence-electron chi connectivity index (χ3n) is 3.28. The number of amides is 2. The molecular weight excluding hydrogens is 238 g/mol. The second kappa shape index (κ2) is 6.55. The Hall–Kier alpha value is -1.34. The zero-order chi connectivity index (χ0) is 13.7. The molecule has 1 rings (SSSR count). The van der Waals surface area contributed by atoms with Crippen LogP contribution < -0.4 is 10.6 Å². The molecule has 3 atom stereocenters. The summed E-state index contributed by atoms with van der Waals surface area (Å²) in [5, 5.41) is 22.6. The Morgan fingerprint density at radius 3 is 2.72 bits per heavy atom. The topological polar surface area (TPSA) is 102 Å². The normalized spacial score (nSPS) is 26.4. The lowest BCUT2D eigenvalue weighted by atomic mass is 9.99. The van der Waals surface area contributed by atoms with Crippen LogP contribution in [-0.2, 0) is 4.79 Å². The molecule has 2 amide bonds. The van der Waals surface area contributed by atoms with Crippen molar-refractivity contribution in [2.75, 3.05) is 20.1 Å². The highest BCUT2D eigenvalue weighted by Crippen LogP contribution is 2.14. The highest BCUT2D eigenvalue weighted by atomic mass is 16.4. The number of hydrogen-bond acceptors (Lipinski definition) is 4. The fraction of sp³-hybridized carbons (Fsp3) is 0.818. The van der Waals surface area contributed by atoms with E-state index in [2.05, 4.69) is 22.5 Å². The number of hydrogen-bond donors (Lipinski definition) is 4. The Balaban J connectivity index is 2.26. The number of rotatable bonds is 4. The molecule has 18 heavy (non-hydrogen) atoms. The molecule has 104 valence electrons. The van der Waals surface area contributed by atoms with Gasteiger partial charge in [0.15, 0.2) is 6.10 Å². The van der Waals surface area contributed by atoms with Gasteiger partial charge >= 0.3 is 12.0 Å². The number of carbonyl (C=O) groups excluding carboxylic acids is 1. The van der Waals surface area contributed by atoms with Crippen LogP contribution in [0, 0.1) is 0 Å². The molecule has 1 aliphatic rings. The first-order chi connectivity index (χ1) is 8.40. The Morgan fingerprint density at radius 2 is 2.17 bits per heavy atom. The van der Waals surface area contributed by atoms with Crippen LogP contribution in [0.3, 0.4) is 0 Å². The zero-order valence-electron chi connectivity index (χ0n) is 10.7. The van der Waals surface area contributed by atoms with Gasteiger partial charge in [-0.05, 0) is 26.8 Å². The molecule has 0 aromatic rings. The maximum atomic E-state index is 11.5. The second-order valence-corrected chi connectivity index (χ2v) is 4.76. The monoisotopic (exact) mass is 259 g/mol. The van der Waals surface area contributed by atoms with Gasteiger partial charge in [0.05, 0.1) is 6.54 Å². The van der Waals surface area contributed by atoms with Gasteiger partial charge in [-0.2, -0.15) is 0 Å². The molecule has 1 heterocycles. The van der Waals surface area contributed by atoms with Gasteiger partial charge in [-0.1, -0.05) is 0 Å². The van der Waals surface area contributed by atoms with Crippen LogP contribution in [0.1, 0.15) is 19.8 Å². The van der Waals surface area contributed by atoms with E-state index in [9.17, 15) is 9.59 Å². The fourth-order valence-electron chi connectivity index (χ4n) is 1.93.